The van der Waals surface area contributed by atoms with Crippen LogP contribution < -0.4 is 10.5 Å². The van der Waals surface area contributed by atoms with Gasteiger partial charge in [0.1, 0.15) is 5.75 Å². The minimum atomic E-state index is 0.447. The maximum Gasteiger partial charge on any atom is 0.122 e. The number of ether oxygens (including phenoxy) is 1. The standard InChI is InChI=1S/C12H17NO/c1-9(8-13)10-4-5-12-11(7-10)3-2-6-14-12/h4-5,7,9H,2-3,6,8,13H2,1H3. The quantitative estimate of drug-likeness (QED) is 0.776. The van der Waals surface area contributed by atoms with Gasteiger partial charge in [-0.1, -0.05) is 19.1 Å². The van der Waals surface area contributed by atoms with Crippen LogP contribution in [0.15, 0.2) is 18.2 Å². The second-order valence-electron chi connectivity index (χ2n) is 3.96. The Kier molecular flexibility index (Phi) is 2.73. The van der Waals surface area contributed by atoms with E-state index in [0.29, 0.717) is 12.5 Å². The molecular weight excluding hydrogens is 174 g/mol. The normalized spacial score (nSPS) is 17.0. The lowest BCUT2D eigenvalue weighted by molar-refractivity contribution is 0.288. The van der Waals surface area contributed by atoms with Crippen molar-refractivity contribution in [3.8, 4) is 5.75 Å². The third-order valence-electron chi connectivity index (χ3n) is 2.86. The van der Waals surface area contributed by atoms with Gasteiger partial charge in [0.05, 0.1) is 6.61 Å². The summed E-state index contributed by atoms with van der Waals surface area (Å²) in [7, 11) is 0. The molecule has 1 aromatic rings. The van der Waals surface area contributed by atoms with Crippen LogP contribution in [0.4, 0.5) is 0 Å². The van der Waals surface area contributed by atoms with Gasteiger partial charge in [-0.05, 0) is 42.5 Å². The first-order chi connectivity index (χ1) is 6.81. The number of benzene rings is 1. The molecule has 1 aliphatic rings. The van der Waals surface area contributed by atoms with Gasteiger partial charge in [0.2, 0.25) is 0 Å². The van der Waals surface area contributed by atoms with Gasteiger partial charge in [-0.25, -0.2) is 0 Å². The van der Waals surface area contributed by atoms with Crippen LogP contribution in [0.25, 0.3) is 0 Å². The molecule has 76 valence electrons. The molecular formula is C12H17NO. The zero-order chi connectivity index (χ0) is 9.97. The lowest BCUT2D eigenvalue weighted by Crippen LogP contribution is -2.12. The Labute approximate surface area is 85.1 Å². The molecule has 0 bridgehead atoms. The van der Waals surface area contributed by atoms with Crippen molar-refractivity contribution in [2.45, 2.75) is 25.7 Å². The number of rotatable bonds is 2. The Bertz CT molecular complexity index is 322. The Morgan fingerprint density at radius 2 is 2.36 bits per heavy atom. The van der Waals surface area contributed by atoms with Gasteiger partial charge in [-0.15, -0.1) is 0 Å². The fourth-order valence-electron chi connectivity index (χ4n) is 1.82. The van der Waals surface area contributed by atoms with Crippen LogP contribution in [0.2, 0.25) is 0 Å². The molecule has 0 fully saturated rings. The van der Waals surface area contributed by atoms with Crippen molar-refractivity contribution in [2.24, 2.45) is 5.73 Å². The largest absolute Gasteiger partial charge is 0.493 e. The van der Waals surface area contributed by atoms with Crippen LogP contribution in [0.5, 0.6) is 5.75 Å². The molecule has 0 spiro atoms. The Hall–Kier alpha value is -1.02. The molecule has 0 amide bonds. The van der Waals surface area contributed by atoms with Crippen molar-refractivity contribution in [3.63, 3.8) is 0 Å². The molecule has 1 aromatic carbocycles. The average molecular weight is 191 g/mol. The van der Waals surface area contributed by atoms with Crippen LogP contribution in [-0.2, 0) is 6.42 Å². The zero-order valence-electron chi connectivity index (χ0n) is 8.62. The topological polar surface area (TPSA) is 35.2 Å². The molecule has 2 rings (SSSR count). The van der Waals surface area contributed by atoms with Crippen molar-refractivity contribution < 1.29 is 4.74 Å². The SMILES string of the molecule is CC(CN)c1ccc2c(c1)CCCO2. The summed E-state index contributed by atoms with van der Waals surface area (Å²) in [4.78, 5) is 0. The lowest BCUT2D eigenvalue weighted by atomic mass is 9.96. The van der Waals surface area contributed by atoms with Crippen molar-refractivity contribution in [3.05, 3.63) is 29.3 Å². The minimum absolute atomic E-state index is 0.447. The van der Waals surface area contributed by atoms with Crippen LogP contribution in [0, 0.1) is 0 Å². The van der Waals surface area contributed by atoms with Crippen molar-refractivity contribution in [1.29, 1.82) is 0 Å². The monoisotopic (exact) mass is 191 g/mol. The average Bonchev–Trinajstić information content (AvgIpc) is 2.27. The van der Waals surface area contributed by atoms with Gasteiger partial charge in [0.25, 0.3) is 0 Å². The van der Waals surface area contributed by atoms with E-state index < -0.39 is 0 Å². The van der Waals surface area contributed by atoms with Crippen LogP contribution in [0.3, 0.4) is 0 Å². The van der Waals surface area contributed by atoms with E-state index in [0.717, 1.165) is 25.2 Å². The van der Waals surface area contributed by atoms with Crippen molar-refractivity contribution in [1.82, 2.24) is 0 Å². The molecule has 14 heavy (non-hydrogen) atoms. The summed E-state index contributed by atoms with van der Waals surface area (Å²) in [6.07, 6.45) is 2.27. The second-order valence-corrected chi connectivity index (χ2v) is 3.96. The summed E-state index contributed by atoms with van der Waals surface area (Å²) in [5, 5.41) is 0. The summed E-state index contributed by atoms with van der Waals surface area (Å²) in [6.45, 7) is 3.73. The number of nitrogens with two attached hydrogens (primary N) is 1. The molecule has 2 nitrogen and oxygen atoms in total. The van der Waals surface area contributed by atoms with Gasteiger partial charge < -0.3 is 10.5 Å². The van der Waals surface area contributed by atoms with Crippen LogP contribution >= 0.6 is 0 Å². The van der Waals surface area contributed by atoms with E-state index >= 15 is 0 Å². The zero-order valence-corrected chi connectivity index (χ0v) is 8.62. The minimum Gasteiger partial charge on any atom is -0.493 e. The summed E-state index contributed by atoms with van der Waals surface area (Å²) >= 11 is 0. The summed E-state index contributed by atoms with van der Waals surface area (Å²) in [5.74, 6) is 1.51. The second kappa shape index (κ2) is 4.01. The first-order valence-electron chi connectivity index (χ1n) is 5.27. The molecule has 0 saturated heterocycles. The molecule has 2 heteroatoms. The van der Waals surface area contributed by atoms with E-state index in [1.807, 2.05) is 0 Å². The van der Waals surface area contributed by atoms with Crippen molar-refractivity contribution >= 4 is 0 Å². The molecule has 2 N–H and O–H groups in total. The van der Waals surface area contributed by atoms with E-state index in [1.54, 1.807) is 0 Å². The van der Waals surface area contributed by atoms with E-state index in [-0.39, 0.29) is 0 Å². The highest BCUT2D eigenvalue weighted by Crippen LogP contribution is 2.27. The van der Waals surface area contributed by atoms with Crippen LogP contribution in [0.1, 0.15) is 30.4 Å². The van der Waals surface area contributed by atoms with E-state index in [1.165, 1.54) is 11.1 Å². The number of fused-ring (bicyclic) bond motifs is 1. The van der Waals surface area contributed by atoms with Gasteiger partial charge in [0.15, 0.2) is 0 Å². The highest BCUT2D eigenvalue weighted by molar-refractivity contribution is 5.39. The smallest absolute Gasteiger partial charge is 0.122 e. The highest BCUT2D eigenvalue weighted by Gasteiger charge is 2.12. The third-order valence-corrected chi connectivity index (χ3v) is 2.86. The van der Waals surface area contributed by atoms with Crippen LogP contribution in [-0.4, -0.2) is 13.2 Å². The fraction of sp³-hybridized carbons (Fsp3) is 0.500. The van der Waals surface area contributed by atoms with Crippen molar-refractivity contribution in [2.75, 3.05) is 13.2 Å². The Morgan fingerprint density at radius 3 is 3.14 bits per heavy atom. The maximum absolute atomic E-state index is 5.65. The van der Waals surface area contributed by atoms with Gasteiger partial charge in [0, 0.05) is 0 Å². The number of aryl methyl sites for hydroxylation is 1. The van der Waals surface area contributed by atoms with E-state index in [2.05, 4.69) is 25.1 Å². The summed E-state index contributed by atoms with van der Waals surface area (Å²) in [6, 6.07) is 6.45. The number of hydrogen-bond donors (Lipinski definition) is 1. The molecule has 0 aliphatic carbocycles. The summed E-state index contributed by atoms with van der Waals surface area (Å²) < 4.78 is 5.56. The molecule has 0 aromatic heterocycles. The Balaban J connectivity index is 2.29. The highest BCUT2D eigenvalue weighted by atomic mass is 16.5. The summed E-state index contributed by atoms with van der Waals surface area (Å²) in [5.41, 5.74) is 8.32. The van der Waals surface area contributed by atoms with E-state index in [9.17, 15) is 0 Å². The fourth-order valence-corrected chi connectivity index (χ4v) is 1.82. The number of hydrogen-bond acceptors (Lipinski definition) is 2. The molecule has 1 heterocycles. The van der Waals surface area contributed by atoms with Gasteiger partial charge >= 0.3 is 0 Å². The molecule has 1 aliphatic heterocycles. The molecule has 0 saturated carbocycles. The van der Waals surface area contributed by atoms with E-state index in [4.69, 9.17) is 10.5 Å². The van der Waals surface area contributed by atoms with Gasteiger partial charge in [-0.3, -0.25) is 0 Å². The first-order valence-corrected chi connectivity index (χ1v) is 5.27. The first kappa shape index (κ1) is 9.53. The lowest BCUT2D eigenvalue weighted by Gasteiger charge is -2.19. The third kappa shape index (κ3) is 1.75. The predicted octanol–water partition coefficient (Wildman–Crippen LogP) is 2.07. The molecule has 0 radical (unpaired) electrons. The maximum atomic E-state index is 5.65. The van der Waals surface area contributed by atoms with Gasteiger partial charge in [-0.2, -0.15) is 0 Å². The predicted molar refractivity (Wildman–Crippen MR) is 57.7 cm³/mol. The Morgan fingerprint density at radius 1 is 1.50 bits per heavy atom. The molecule has 1 unspecified atom stereocenters. The molecule has 1 atom stereocenters.